The lowest BCUT2D eigenvalue weighted by molar-refractivity contribution is -0.124. The number of hydrogen-bond acceptors (Lipinski definition) is 1. The summed E-state index contributed by atoms with van der Waals surface area (Å²) < 4.78 is 0. The van der Waals surface area contributed by atoms with Crippen molar-refractivity contribution in [3.63, 3.8) is 0 Å². The molecule has 2 aliphatic carbocycles. The van der Waals surface area contributed by atoms with Gasteiger partial charge in [0.05, 0.1) is 0 Å². The monoisotopic (exact) mass is 200 g/mol. The summed E-state index contributed by atoms with van der Waals surface area (Å²) in [6, 6.07) is 0. The van der Waals surface area contributed by atoms with Gasteiger partial charge in [-0.3, -0.25) is 4.79 Å². The molecular weight excluding hydrogens is 184 g/mol. The average Bonchev–Trinajstić information content (AvgIpc) is 2.11. The molecule has 0 aliphatic heterocycles. The lowest BCUT2D eigenvalue weighted by Crippen LogP contribution is -2.39. The van der Waals surface area contributed by atoms with E-state index in [9.17, 15) is 4.79 Å². The van der Waals surface area contributed by atoms with Crippen LogP contribution in [0, 0.1) is 5.41 Å². The molecular formula is C11H17ClO. The van der Waals surface area contributed by atoms with E-state index in [1.807, 2.05) is 0 Å². The fourth-order valence-electron chi connectivity index (χ4n) is 2.95. The van der Waals surface area contributed by atoms with Crippen molar-refractivity contribution >= 4 is 17.4 Å². The predicted molar refractivity (Wildman–Crippen MR) is 54.0 cm³/mol. The third kappa shape index (κ3) is 1.76. The summed E-state index contributed by atoms with van der Waals surface area (Å²) in [6.07, 6.45) is 8.66. The predicted octanol–water partition coefficient (Wildman–Crippen LogP) is 3.30. The Kier molecular flexibility index (Phi) is 2.64. The molecule has 0 saturated heterocycles. The van der Waals surface area contributed by atoms with Crippen molar-refractivity contribution in [2.24, 2.45) is 5.41 Å². The van der Waals surface area contributed by atoms with E-state index in [0.717, 1.165) is 25.7 Å². The second kappa shape index (κ2) is 3.61. The van der Waals surface area contributed by atoms with Crippen LogP contribution in [0.1, 0.15) is 51.4 Å². The lowest BCUT2D eigenvalue weighted by atomic mass is 9.65. The molecule has 0 aromatic carbocycles. The van der Waals surface area contributed by atoms with E-state index in [1.165, 1.54) is 25.7 Å². The highest BCUT2D eigenvalue weighted by molar-refractivity contribution is 6.21. The number of halogens is 1. The van der Waals surface area contributed by atoms with Crippen molar-refractivity contribution in [3.05, 3.63) is 0 Å². The van der Waals surface area contributed by atoms with Crippen molar-refractivity contribution in [2.75, 3.05) is 0 Å². The minimum absolute atomic E-state index is 0.204. The van der Waals surface area contributed by atoms with E-state index in [-0.39, 0.29) is 10.8 Å². The van der Waals surface area contributed by atoms with E-state index in [2.05, 4.69) is 0 Å². The molecule has 0 bridgehead atoms. The maximum Gasteiger partial charge on any atom is 0.133 e. The Morgan fingerprint density at radius 2 is 2.00 bits per heavy atom. The largest absolute Gasteiger partial charge is 0.300 e. The molecule has 2 heteroatoms. The second-order valence-corrected chi connectivity index (χ2v) is 5.17. The number of carbonyl (C=O) groups is 1. The summed E-state index contributed by atoms with van der Waals surface area (Å²) >= 11 is 6.37. The van der Waals surface area contributed by atoms with E-state index >= 15 is 0 Å². The zero-order valence-corrected chi connectivity index (χ0v) is 8.78. The molecule has 2 saturated carbocycles. The molecule has 1 spiro atoms. The smallest absolute Gasteiger partial charge is 0.133 e. The van der Waals surface area contributed by atoms with Crippen LogP contribution in [0.4, 0.5) is 0 Å². The number of hydrogen-bond donors (Lipinski definition) is 0. The van der Waals surface area contributed by atoms with Crippen molar-refractivity contribution in [1.82, 2.24) is 0 Å². The minimum Gasteiger partial charge on any atom is -0.300 e. The highest BCUT2D eigenvalue weighted by Gasteiger charge is 2.42. The molecule has 2 aliphatic rings. The Hall–Kier alpha value is -0.0400. The molecule has 0 amide bonds. The average molecular weight is 201 g/mol. The highest BCUT2D eigenvalue weighted by Crippen LogP contribution is 2.48. The minimum atomic E-state index is 0.204. The molecule has 0 aromatic heterocycles. The maximum atomic E-state index is 11.4. The summed E-state index contributed by atoms with van der Waals surface area (Å²) in [5, 5.41) is 0.269. The molecule has 0 radical (unpaired) electrons. The number of rotatable bonds is 0. The van der Waals surface area contributed by atoms with Gasteiger partial charge in [-0.2, -0.15) is 0 Å². The van der Waals surface area contributed by atoms with Crippen LogP contribution in [0.15, 0.2) is 0 Å². The van der Waals surface area contributed by atoms with Gasteiger partial charge in [0, 0.05) is 18.2 Å². The zero-order valence-electron chi connectivity index (χ0n) is 8.02. The van der Waals surface area contributed by atoms with Gasteiger partial charge in [-0.15, -0.1) is 11.6 Å². The molecule has 2 atom stereocenters. The first kappa shape index (κ1) is 9.51. The van der Waals surface area contributed by atoms with E-state index in [4.69, 9.17) is 11.6 Å². The molecule has 0 N–H and O–H groups in total. The molecule has 2 unspecified atom stereocenters. The van der Waals surface area contributed by atoms with Gasteiger partial charge >= 0.3 is 0 Å². The van der Waals surface area contributed by atoms with Crippen LogP contribution in [0.2, 0.25) is 0 Å². The van der Waals surface area contributed by atoms with Crippen LogP contribution in [-0.4, -0.2) is 11.2 Å². The molecule has 2 rings (SSSR count). The Morgan fingerprint density at radius 3 is 2.69 bits per heavy atom. The van der Waals surface area contributed by atoms with Crippen LogP contribution in [-0.2, 0) is 4.79 Å². The van der Waals surface area contributed by atoms with Gasteiger partial charge in [0.1, 0.15) is 5.78 Å². The summed E-state index contributed by atoms with van der Waals surface area (Å²) in [5.41, 5.74) is 0.204. The second-order valence-electron chi connectivity index (χ2n) is 4.64. The van der Waals surface area contributed by atoms with E-state index < -0.39 is 0 Å². The topological polar surface area (TPSA) is 17.1 Å². The van der Waals surface area contributed by atoms with Crippen molar-refractivity contribution in [1.29, 1.82) is 0 Å². The molecule has 2 fully saturated rings. The van der Waals surface area contributed by atoms with Gasteiger partial charge in [-0.25, -0.2) is 0 Å². The fraction of sp³-hybridized carbons (Fsp3) is 0.909. The fourth-order valence-corrected chi connectivity index (χ4v) is 3.40. The van der Waals surface area contributed by atoms with Gasteiger partial charge in [-0.05, 0) is 31.1 Å². The Morgan fingerprint density at radius 1 is 1.23 bits per heavy atom. The van der Waals surface area contributed by atoms with Gasteiger partial charge in [-0.1, -0.05) is 12.8 Å². The molecule has 0 heterocycles. The highest BCUT2D eigenvalue weighted by atomic mass is 35.5. The number of Topliss-reactive ketones (excluding diaryl/α,β-unsaturated/α-hetero) is 1. The maximum absolute atomic E-state index is 11.4. The van der Waals surface area contributed by atoms with Crippen molar-refractivity contribution < 1.29 is 4.79 Å². The van der Waals surface area contributed by atoms with Gasteiger partial charge in [0.25, 0.3) is 0 Å². The first-order chi connectivity index (χ1) is 6.23. The Labute approximate surface area is 84.8 Å². The Balaban J connectivity index is 2.11. The normalized spacial score (nSPS) is 41.0. The summed E-state index contributed by atoms with van der Waals surface area (Å²) in [4.78, 5) is 11.4. The van der Waals surface area contributed by atoms with Gasteiger partial charge < -0.3 is 0 Å². The van der Waals surface area contributed by atoms with Crippen LogP contribution in [0.25, 0.3) is 0 Å². The van der Waals surface area contributed by atoms with Crippen LogP contribution in [0.3, 0.4) is 0 Å². The van der Waals surface area contributed by atoms with E-state index in [1.54, 1.807) is 0 Å². The standard InChI is InChI=1S/C11H17ClO/c12-10-5-1-2-6-11(10)7-3-4-9(13)8-11/h10H,1-8H2. The lowest BCUT2D eigenvalue weighted by Gasteiger charge is -2.43. The third-order valence-corrected chi connectivity index (χ3v) is 4.41. The van der Waals surface area contributed by atoms with E-state index in [0.29, 0.717) is 5.78 Å². The number of alkyl halides is 1. The van der Waals surface area contributed by atoms with Crippen molar-refractivity contribution in [3.8, 4) is 0 Å². The summed E-state index contributed by atoms with van der Waals surface area (Å²) in [5.74, 6) is 0.443. The number of carbonyl (C=O) groups excluding carboxylic acids is 1. The van der Waals surface area contributed by atoms with Crippen LogP contribution in [0.5, 0.6) is 0 Å². The summed E-state index contributed by atoms with van der Waals surface area (Å²) in [7, 11) is 0. The van der Waals surface area contributed by atoms with Crippen LogP contribution < -0.4 is 0 Å². The molecule has 0 aromatic rings. The summed E-state index contributed by atoms with van der Waals surface area (Å²) in [6.45, 7) is 0. The molecule has 13 heavy (non-hydrogen) atoms. The van der Waals surface area contributed by atoms with Crippen molar-refractivity contribution in [2.45, 2.75) is 56.7 Å². The first-order valence-electron chi connectivity index (χ1n) is 5.39. The molecule has 1 nitrogen and oxygen atoms in total. The first-order valence-corrected chi connectivity index (χ1v) is 5.82. The van der Waals surface area contributed by atoms with Crippen LogP contribution >= 0.6 is 11.6 Å². The third-order valence-electron chi connectivity index (χ3n) is 3.73. The number of ketones is 1. The van der Waals surface area contributed by atoms with Gasteiger partial charge in [0.2, 0.25) is 0 Å². The quantitative estimate of drug-likeness (QED) is 0.549. The Bertz CT molecular complexity index is 210. The SMILES string of the molecule is O=C1CCCC2(CCCCC2Cl)C1. The van der Waals surface area contributed by atoms with Gasteiger partial charge in [0.15, 0.2) is 0 Å². The molecule has 74 valence electrons. The zero-order chi connectivity index (χ0) is 9.31.